The Morgan fingerprint density at radius 3 is 1.71 bits per heavy atom. The Balaban J connectivity index is 3.12. The van der Waals surface area contributed by atoms with Crippen LogP contribution >= 0.6 is 0 Å². The third-order valence-corrected chi connectivity index (χ3v) is 0.648. The molecule has 0 bridgehead atoms. The minimum atomic E-state index is -0.833. The minimum absolute atomic E-state index is 0.833. The highest BCUT2D eigenvalue weighted by Crippen LogP contribution is 1.99. The Hall–Kier alpha value is -0.860. The van der Waals surface area contributed by atoms with E-state index in [1.807, 2.05) is 0 Å². The Morgan fingerprint density at radius 2 is 1.57 bits per heavy atom. The fraction of sp³-hybridized carbons (Fsp3) is 0. The van der Waals surface area contributed by atoms with Crippen molar-refractivity contribution in [2.75, 3.05) is 0 Å². The van der Waals surface area contributed by atoms with Gasteiger partial charge < -0.3 is 4.98 Å². The van der Waals surface area contributed by atoms with Crippen LogP contribution in [0, 0.1) is 11.6 Å². The van der Waals surface area contributed by atoms with Crippen LogP contribution in [0.3, 0.4) is 0 Å². The lowest BCUT2D eigenvalue weighted by molar-refractivity contribution is 0.516. The highest BCUT2D eigenvalue weighted by atomic mass is 19.2. The zero-order chi connectivity index (χ0) is 5.28. The number of nitrogens with one attached hydrogen (secondary N) is 1. The van der Waals surface area contributed by atoms with Gasteiger partial charge in [-0.2, -0.15) is 0 Å². The van der Waals surface area contributed by atoms with Crippen LogP contribution in [-0.4, -0.2) is 4.98 Å². The molecule has 0 saturated heterocycles. The van der Waals surface area contributed by atoms with Gasteiger partial charge in [0.1, 0.15) is 0 Å². The largest absolute Gasteiger partial charge is 0.363 e. The van der Waals surface area contributed by atoms with Crippen LogP contribution in [0.4, 0.5) is 8.78 Å². The van der Waals surface area contributed by atoms with Gasteiger partial charge in [-0.05, 0) is 0 Å². The Labute approximate surface area is 39.0 Å². The van der Waals surface area contributed by atoms with E-state index >= 15 is 0 Å². The van der Waals surface area contributed by atoms with E-state index in [0.29, 0.717) is 0 Å². The van der Waals surface area contributed by atoms with Crippen LogP contribution in [-0.2, 0) is 0 Å². The zero-order valence-corrected chi connectivity index (χ0v) is 3.41. The predicted molar refractivity (Wildman–Crippen MR) is 20.7 cm³/mol. The summed E-state index contributed by atoms with van der Waals surface area (Å²) in [5.74, 6) is -1.67. The van der Waals surface area contributed by atoms with Crippen molar-refractivity contribution >= 4 is 0 Å². The molecule has 0 unspecified atom stereocenters. The van der Waals surface area contributed by atoms with Crippen LogP contribution in [0.1, 0.15) is 0 Å². The topological polar surface area (TPSA) is 15.8 Å². The van der Waals surface area contributed by atoms with Crippen molar-refractivity contribution in [3.05, 3.63) is 24.0 Å². The second-order valence-electron chi connectivity index (χ2n) is 1.15. The Kier molecular flexibility index (Phi) is 0.817. The fourth-order valence-corrected chi connectivity index (χ4v) is 0.326. The zero-order valence-electron chi connectivity index (χ0n) is 3.41. The molecule has 0 saturated carbocycles. The van der Waals surface area contributed by atoms with Crippen LogP contribution < -0.4 is 0 Å². The van der Waals surface area contributed by atoms with Gasteiger partial charge in [0.2, 0.25) is 0 Å². The second kappa shape index (κ2) is 1.33. The molecule has 38 valence electrons. The van der Waals surface area contributed by atoms with E-state index in [-0.39, 0.29) is 0 Å². The summed E-state index contributed by atoms with van der Waals surface area (Å²) < 4.78 is 23.3. The van der Waals surface area contributed by atoms with Crippen molar-refractivity contribution in [3.63, 3.8) is 0 Å². The summed E-state index contributed by atoms with van der Waals surface area (Å²) in [6.45, 7) is 0. The Bertz CT molecular complexity index is 142. The highest BCUT2D eigenvalue weighted by Gasteiger charge is 1.96. The van der Waals surface area contributed by atoms with Crippen LogP contribution in [0.25, 0.3) is 0 Å². The molecule has 0 radical (unpaired) electrons. The van der Waals surface area contributed by atoms with Crippen molar-refractivity contribution in [3.8, 4) is 0 Å². The van der Waals surface area contributed by atoms with Gasteiger partial charge in [0.05, 0.1) is 0 Å². The summed E-state index contributed by atoms with van der Waals surface area (Å²) in [7, 11) is 0. The van der Waals surface area contributed by atoms with E-state index < -0.39 is 11.6 Å². The molecule has 0 fully saturated rings. The maximum Gasteiger partial charge on any atom is 0.176 e. The first-order valence-corrected chi connectivity index (χ1v) is 1.78. The van der Waals surface area contributed by atoms with Crippen molar-refractivity contribution in [2.24, 2.45) is 0 Å². The summed E-state index contributed by atoms with van der Waals surface area (Å²) in [6, 6.07) is 0. The predicted octanol–water partition coefficient (Wildman–Crippen LogP) is 1.29. The molecular formula is C4H3F2N. The quantitative estimate of drug-likeness (QED) is 0.509. The average molecular weight is 103 g/mol. The first-order chi connectivity index (χ1) is 3.30. The molecule has 1 aromatic rings. The molecule has 1 nitrogen and oxygen atoms in total. The monoisotopic (exact) mass is 103 g/mol. The normalized spacial score (nSPS) is 9.43. The maximum absolute atomic E-state index is 11.7. The number of rotatable bonds is 0. The number of hydrogen-bond acceptors (Lipinski definition) is 0. The van der Waals surface area contributed by atoms with Crippen LogP contribution in [0.15, 0.2) is 12.4 Å². The molecule has 0 spiro atoms. The third kappa shape index (κ3) is 0.607. The van der Waals surface area contributed by atoms with Crippen molar-refractivity contribution < 1.29 is 8.78 Å². The number of H-pyrrole nitrogens is 1. The van der Waals surface area contributed by atoms with Crippen molar-refractivity contribution in [1.29, 1.82) is 0 Å². The number of halogens is 2. The van der Waals surface area contributed by atoms with Gasteiger partial charge in [-0.15, -0.1) is 0 Å². The van der Waals surface area contributed by atoms with E-state index in [9.17, 15) is 8.78 Å². The maximum atomic E-state index is 11.7. The van der Waals surface area contributed by atoms with E-state index in [1.54, 1.807) is 0 Å². The minimum Gasteiger partial charge on any atom is -0.363 e. The summed E-state index contributed by atoms with van der Waals surface area (Å²) >= 11 is 0. The lowest BCUT2D eigenvalue weighted by atomic mass is 10.6. The van der Waals surface area contributed by atoms with E-state index in [1.165, 1.54) is 0 Å². The molecule has 1 heterocycles. The lowest BCUT2D eigenvalue weighted by Gasteiger charge is -1.69. The first kappa shape index (κ1) is 4.30. The van der Waals surface area contributed by atoms with E-state index in [0.717, 1.165) is 12.4 Å². The molecule has 1 N–H and O–H groups in total. The van der Waals surface area contributed by atoms with Crippen LogP contribution in [0.5, 0.6) is 0 Å². The fourth-order valence-electron chi connectivity index (χ4n) is 0.326. The van der Waals surface area contributed by atoms with Gasteiger partial charge >= 0.3 is 0 Å². The first-order valence-electron chi connectivity index (χ1n) is 1.78. The lowest BCUT2D eigenvalue weighted by Crippen LogP contribution is -1.66. The standard InChI is InChI=1S/C4H3F2N/c5-3-1-7-2-4(3)6/h1-2,7H. The number of hydrogen-bond donors (Lipinski definition) is 1. The van der Waals surface area contributed by atoms with E-state index in [2.05, 4.69) is 4.98 Å². The summed E-state index contributed by atoms with van der Waals surface area (Å²) in [5, 5.41) is 0. The molecule has 1 aromatic heterocycles. The van der Waals surface area contributed by atoms with Crippen LogP contribution in [0.2, 0.25) is 0 Å². The van der Waals surface area contributed by atoms with Crippen molar-refractivity contribution in [2.45, 2.75) is 0 Å². The van der Waals surface area contributed by atoms with Gasteiger partial charge in [-0.1, -0.05) is 0 Å². The molecule has 0 aliphatic rings. The van der Waals surface area contributed by atoms with Crippen molar-refractivity contribution in [1.82, 2.24) is 4.98 Å². The van der Waals surface area contributed by atoms with Gasteiger partial charge in [0, 0.05) is 12.4 Å². The second-order valence-corrected chi connectivity index (χ2v) is 1.15. The third-order valence-electron chi connectivity index (χ3n) is 0.648. The molecule has 7 heavy (non-hydrogen) atoms. The number of aromatic nitrogens is 1. The molecule has 1 rings (SSSR count). The Morgan fingerprint density at radius 1 is 1.14 bits per heavy atom. The average Bonchev–Trinajstić information content (AvgIpc) is 1.91. The molecule has 0 amide bonds. The molecule has 0 aliphatic carbocycles. The molecular weight excluding hydrogens is 100 g/mol. The summed E-state index contributed by atoms with van der Waals surface area (Å²) in [4.78, 5) is 2.25. The summed E-state index contributed by atoms with van der Waals surface area (Å²) in [6.07, 6.45) is 1.91. The molecule has 0 atom stereocenters. The smallest absolute Gasteiger partial charge is 0.176 e. The van der Waals surface area contributed by atoms with Gasteiger partial charge in [-0.25, -0.2) is 8.78 Å². The van der Waals surface area contributed by atoms with Gasteiger partial charge in [0.15, 0.2) is 11.6 Å². The highest BCUT2D eigenvalue weighted by molar-refractivity contribution is 4.94. The number of aromatic amines is 1. The molecule has 0 aliphatic heterocycles. The SMILES string of the molecule is Fc1c[nH]cc1F. The summed E-state index contributed by atoms with van der Waals surface area (Å²) in [5.41, 5.74) is 0. The van der Waals surface area contributed by atoms with Gasteiger partial charge in [0.25, 0.3) is 0 Å². The van der Waals surface area contributed by atoms with Gasteiger partial charge in [-0.3, -0.25) is 0 Å². The molecule has 0 aromatic carbocycles. The molecule has 3 heteroatoms. The van der Waals surface area contributed by atoms with E-state index in [4.69, 9.17) is 0 Å².